The molecule has 0 saturated carbocycles. The number of carboxylic acids is 1. The lowest BCUT2D eigenvalue weighted by Gasteiger charge is -2.05. The smallest absolute Gasteiger partial charge is 0.311 e. The van der Waals surface area contributed by atoms with Crippen molar-refractivity contribution in [2.45, 2.75) is 18.8 Å². The molecule has 76 valence electrons. The van der Waals surface area contributed by atoms with Crippen LogP contribution < -0.4 is 0 Å². The van der Waals surface area contributed by atoms with Crippen molar-refractivity contribution in [3.63, 3.8) is 0 Å². The van der Waals surface area contributed by atoms with Crippen molar-refractivity contribution in [2.24, 2.45) is 0 Å². The molecule has 1 unspecified atom stereocenters. The summed E-state index contributed by atoms with van der Waals surface area (Å²) < 4.78 is 1.73. The molecule has 1 N–H and O–H groups in total. The fourth-order valence-corrected chi connectivity index (χ4v) is 2.17. The zero-order valence-corrected chi connectivity index (χ0v) is 7.92. The molecule has 0 fully saturated rings. The van der Waals surface area contributed by atoms with E-state index in [2.05, 4.69) is 10.1 Å². The van der Waals surface area contributed by atoms with Crippen LogP contribution in [0.15, 0.2) is 18.5 Å². The van der Waals surface area contributed by atoms with Gasteiger partial charge in [0, 0.05) is 17.8 Å². The highest BCUT2D eigenvalue weighted by molar-refractivity contribution is 5.77. The minimum atomic E-state index is -0.776. The molecule has 0 aromatic carbocycles. The molecule has 0 spiro atoms. The fraction of sp³-hybridized carbons (Fsp3) is 0.300. The van der Waals surface area contributed by atoms with Crippen LogP contribution in [0.1, 0.15) is 23.6 Å². The minimum Gasteiger partial charge on any atom is -0.481 e. The van der Waals surface area contributed by atoms with E-state index in [0.717, 1.165) is 23.3 Å². The molecule has 0 saturated heterocycles. The van der Waals surface area contributed by atoms with Gasteiger partial charge in [-0.2, -0.15) is 5.10 Å². The van der Waals surface area contributed by atoms with Crippen molar-refractivity contribution in [1.82, 2.24) is 14.6 Å². The first-order valence-corrected chi connectivity index (χ1v) is 4.81. The number of hydrogen-bond acceptors (Lipinski definition) is 3. The predicted octanol–water partition coefficient (Wildman–Crippen LogP) is 0.844. The lowest BCUT2D eigenvalue weighted by molar-refractivity contribution is -0.138. The summed E-state index contributed by atoms with van der Waals surface area (Å²) in [5.41, 5.74) is 2.57. The predicted molar refractivity (Wildman–Crippen MR) is 51.7 cm³/mol. The van der Waals surface area contributed by atoms with Crippen molar-refractivity contribution >= 4 is 11.6 Å². The number of aryl methyl sites for hydroxylation is 1. The molecule has 1 aliphatic carbocycles. The summed E-state index contributed by atoms with van der Waals surface area (Å²) in [4.78, 5) is 15.2. The Balaban J connectivity index is 2.26. The second-order valence-corrected chi connectivity index (χ2v) is 3.69. The third-order valence-corrected chi connectivity index (χ3v) is 2.89. The Kier molecular flexibility index (Phi) is 1.56. The molecule has 2 aromatic heterocycles. The molecule has 0 bridgehead atoms. The van der Waals surface area contributed by atoms with E-state index in [9.17, 15) is 4.79 Å². The molecular formula is C10H9N3O2. The normalized spacial score (nSPS) is 19.3. The number of fused-ring (bicyclic) bond motifs is 3. The van der Waals surface area contributed by atoms with Crippen LogP contribution in [0.25, 0.3) is 5.65 Å². The summed E-state index contributed by atoms with van der Waals surface area (Å²) in [5.74, 6) is -1.19. The van der Waals surface area contributed by atoms with E-state index in [1.54, 1.807) is 16.9 Å². The lowest BCUT2D eigenvalue weighted by Crippen LogP contribution is -2.09. The van der Waals surface area contributed by atoms with Crippen molar-refractivity contribution in [2.75, 3.05) is 0 Å². The number of nitrogens with zero attached hydrogens (tertiary/aromatic N) is 3. The Morgan fingerprint density at radius 3 is 3.27 bits per heavy atom. The third kappa shape index (κ3) is 1.06. The van der Waals surface area contributed by atoms with Gasteiger partial charge in [0.2, 0.25) is 0 Å². The van der Waals surface area contributed by atoms with Gasteiger partial charge in [-0.25, -0.2) is 9.50 Å². The molecule has 0 aliphatic heterocycles. The minimum absolute atomic E-state index is 0.416. The Morgan fingerprint density at radius 1 is 1.60 bits per heavy atom. The Labute approximate surface area is 85.4 Å². The summed E-state index contributed by atoms with van der Waals surface area (Å²) in [5, 5.41) is 13.2. The van der Waals surface area contributed by atoms with E-state index >= 15 is 0 Å². The van der Waals surface area contributed by atoms with E-state index in [0.29, 0.717) is 6.42 Å². The molecule has 1 atom stereocenters. The number of hydrogen-bond donors (Lipinski definition) is 1. The van der Waals surface area contributed by atoms with E-state index in [1.807, 2.05) is 6.07 Å². The van der Waals surface area contributed by atoms with Crippen LogP contribution in [-0.4, -0.2) is 25.7 Å². The number of carbonyl (C=O) groups is 1. The van der Waals surface area contributed by atoms with Gasteiger partial charge < -0.3 is 5.11 Å². The average Bonchev–Trinajstić information content (AvgIpc) is 2.82. The summed E-state index contributed by atoms with van der Waals surface area (Å²) in [6.07, 6.45) is 4.74. The van der Waals surface area contributed by atoms with Crippen LogP contribution >= 0.6 is 0 Å². The van der Waals surface area contributed by atoms with Gasteiger partial charge in [0.1, 0.15) is 0 Å². The monoisotopic (exact) mass is 203 g/mol. The SMILES string of the molecule is O=C(O)C1CCc2c1cnc1ccnn21. The molecule has 2 aromatic rings. The highest BCUT2D eigenvalue weighted by Crippen LogP contribution is 2.32. The van der Waals surface area contributed by atoms with Crippen LogP contribution in [0.5, 0.6) is 0 Å². The van der Waals surface area contributed by atoms with Gasteiger partial charge in [0.05, 0.1) is 17.8 Å². The highest BCUT2D eigenvalue weighted by atomic mass is 16.4. The molecule has 1 aliphatic rings. The molecular weight excluding hydrogens is 194 g/mol. The van der Waals surface area contributed by atoms with E-state index in [1.165, 1.54) is 0 Å². The highest BCUT2D eigenvalue weighted by Gasteiger charge is 2.30. The van der Waals surface area contributed by atoms with Crippen LogP contribution in [-0.2, 0) is 11.2 Å². The third-order valence-electron chi connectivity index (χ3n) is 2.89. The van der Waals surface area contributed by atoms with Gasteiger partial charge in [-0.1, -0.05) is 0 Å². The second kappa shape index (κ2) is 2.79. The average molecular weight is 203 g/mol. The Hall–Kier alpha value is -1.91. The van der Waals surface area contributed by atoms with Crippen LogP contribution in [0, 0.1) is 0 Å². The Morgan fingerprint density at radius 2 is 2.47 bits per heavy atom. The first-order chi connectivity index (χ1) is 7.27. The van der Waals surface area contributed by atoms with Gasteiger partial charge in [-0.05, 0) is 12.8 Å². The fourth-order valence-electron chi connectivity index (χ4n) is 2.17. The second-order valence-electron chi connectivity index (χ2n) is 3.69. The molecule has 15 heavy (non-hydrogen) atoms. The summed E-state index contributed by atoms with van der Waals surface area (Å²) in [6.45, 7) is 0. The van der Waals surface area contributed by atoms with Crippen molar-refractivity contribution in [1.29, 1.82) is 0 Å². The van der Waals surface area contributed by atoms with E-state index < -0.39 is 11.9 Å². The zero-order chi connectivity index (χ0) is 10.4. The molecule has 0 amide bonds. The molecule has 2 heterocycles. The number of rotatable bonds is 1. The van der Waals surface area contributed by atoms with Crippen molar-refractivity contribution in [3.8, 4) is 0 Å². The van der Waals surface area contributed by atoms with E-state index in [4.69, 9.17) is 5.11 Å². The standard InChI is InChI=1S/C10H9N3O2/c14-10(15)6-1-2-8-7(6)5-11-9-3-4-12-13(8)9/h3-6H,1-2H2,(H,14,15). The quantitative estimate of drug-likeness (QED) is 0.745. The lowest BCUT2D eigenvalue weighted by atomic mass is 10.1. The number of aliphatic carboxylic acids is 1. The van der Waals surface area contributed by atoms with Gasteiger partial charge in [0.25, 0.3) is 0 Å². The maximum Gasteiger partial charge on any atom is 0.311 e. The van der Waals surface area contributed by atoms with Crippen LogP contribution in [0.2, 0.25) is 0 Å². The van der Waals surface area contributed by atoms with Crippen molar-refractivity contribution in [3.05, 3.63) is 29.7 Å². The summed E-state index contributed by atoms with van der Waals surface area (Å²) in [7, 11) is 0. The topological polar surface area (TPSA) is 67.5 Å². The van der Waals surface area contributed by atoms with Crippen LogP contribution in [0.3, 0.4) is 0 Å². The number of aromatic nitrogens is 3. The van der Waals surface area contributed by atoms with Crippen molar-refractivity contribution < 1.29 is 9.90 Å². The van der Waals surface area contributed by atoms with Crippen LogP contribution in [0.4, 0.5) is 0 Å². The van der Waals surface area contributed by atoms with Gasteiger partial charge in [-0.3, -0.25) is 4.79 Å². The zero-order valence-electron chi connectivity index (χ0n) is 7.92. The first-order valence-electron chi connectivity index (χ1n) is 4.81. The van der Waals surface area contributed by atoms with Gasteiger partial charge >= 0.3 is 5.97 Å². The van der Waals surface area contributed by atoms with Gasteiger partial charge in [0.15, 0.2) is 5.65 Å². The molecule has 3 rings (SSSR count). The first kappa shape index (κ1) is 8.40. The molecule has 5 heteroatoms. The maximum atomic E-state index is 11.0. The maximum absolute atomic E-state index is 11.0. The van der Waals surface area contributed by atoms with Gasteiger partial charge in [-0.15, -0.1) is 0 Å². The Bertz CT molecular complexity index is 547. The molecule has 0 radical (unpaired) electrons. The summed E-state index contributed by atoms with van der Waals surface area (Å²) in [6, 6.07) is 1.81. The largest absolute Gasteiger partial charge is 0.481 e. The number of carboxylic acid groups (broad SMARTS) is 1. The molecule has 5 nitrogen and oxygen atoms in total. The summed E-state index contributed by atoms with van der Waals surface area (Å²) >= 11 is 0. The van der Waals surface area contributed by atoms with E-state index in [-0.39, 0.29) is 0 Å².